The third kappa shape index (κ3) is 5.53. The van der Waals surface area contributed by atoms with Crippen LogP contribution in [0.15, 0.2) is 24.3 Å². The molecular formula is C15H22O2. The Bertz CT molecular complexity index is 345. The Labute approximate surface area is 104 Å². The summed E-state index contributed by atoms with van der Waals surface area (Å²) < 4.78 is 5.62. The van der Waals surface area contributed by atoms with Gasteiger partial charge in [-0.15, -0.1) is 0 Å². The monoisotopic (exact) mass is 234 g/mol. The Hall–Kier alpha value is -1.31. The number of benzene rings is 1. The van der Waals surface area contributed by atoms with Crippen molar-refractivity contribution in [2.45, 2.75) is 46.0 Å². The van der Waals surface area contributed by atoms with Crippen molar-refractivity contribution in [1.29, 1.82) is 0 Å². The van der Waals surface area contributed by atoms with Gasteiger partial charge in [0.05, 0.1) is 6.61 Å². The van der Waals surface area contributed by atoms with Crippen LogP contribution in [-0.4, -0.2) is 12.4 Å². The Morgan fingerprint density at radius 2 is 1.94 bits per heavy atom. The van der Waals surface area contributed by atoms with Gasteiger partial charge < -0.3 is 4.74 Å². The zero-order valence-electron chi connectivity index (χ0n) is 10.9. The minimum absolute atomic E-state index is 0.0818. The summed E-state index contributed by atoms with van der Waals surface area (Å²) in [6, 6.07) is 7.40. The van der Waals surface area contributed by atoms with Gasteiger partial charge in [-0.1, -0.05) is 44.7 Å². The number of rotatable bonds is 8. The van der Waals surface area contributed by atoms with E-state index in [2.05, 4.69) is 6.92 Å². The zero-order valence-corrected chi connectivity index (χ0v) is 10.9. The summed E-state index contributed by atoms with van der Waals surface area (Å²) >= 11 is 0. The molecule has 0 amide bonds. The van der Waals surface area contributed by atoms with Gasteiger partial charge in [0.2, 0.25) is 0 Å². The first-order valence-corrected chi connectivity index (χ1v) is 6.48. The van der Waals surface area contributed by atoms with Crippen molar-refractivity contribution in [1.82, 2.24) is 0 Å². The molecule has 0 aromatic heterocycles. The molecule has 0 bridgehead atoms. The van der Waals surface area contributed by atoms with Gasteiger partial charge in [0.25, 0.3) is 0 Å². The van der Waals surface area contributed by atoms with Crippen molar-refractivity contribution in [3.63, 3.8) is 0 Å². The molecule has 1 aromatic carbocycles. The molecule has 0 saturated heterocycles. The largest absolute Gasteiger partial charge is 0.494 e. The predicted molar refractivity (Wildman–Crippen MR) is 70.7 cm³/mol. The summed E-state index contributed by atoms with van der Waals surface area (Å²) in [5.41, 5.74) is 0.716. The normalized spacial score (nSPS) is 10.2. The SMILES string of the molecule is CCCCCCCOc1cccc(C(C)=O)c1. The first kappa shape index (κ1) is 13.8. The number of ether oxygens (including phenoxy) is 1. The fourth-order valence-electron chi connectivity index (χ4n) is 1.70. The lowest BCUT2D eigenvalue weighted by Gasteiger charge is -2.06. The molecular weight excluding hydrogens is 212 g/mol. The summed E-state index contributed by atoms with van der Waals surface area (Å²) in [6.45, 7) is 4.53. The topological polar surface area (TPSA) is 26.3 Å². The van der Waals surface area contributed by atoms with Crippen LogP contribution in [0.25, 0.3) is 0 Å². The lowest BCUT2D eigenvalue weighted by molar-refractivity contribution is 0.101. The van der Waals surface area contributed by atoms with Crippen molar-refractivity contribution < 1.29 is 9.53 Å². The van der Waals surface area contributed by atoms with E-state index in [1.807, 2.05) is 24.3 Å². The predicted octanol–water partition coefficient (Wildman–Crippen LogP) is 4.24. The van der Waals surface area contributed by atoms with E-state index in [0.29, 0.717) is 5.56 Å². The van der Waals surface area contributed by atoms with Crippen molar-refractivity contribution in [3.8, 4) is 5.75 Å². The molecule has 1 aromatic rings. The number of hydrogen-bond donors (Lipinski definition) is 0. The van der Waals surface area contributed by atoms with Gasteiger partial charge in [0.15, 0.2) is 5.78 Å². The van der Waals surface area contributed by atoms with Crippen LogP contribution in [0.1, 0.15) is 56.3 Å². The van der Waals surface area contributed by atoms with Crippen LogP contribution in [0.3, 0.4) is 0 Å². The minimum atomic E-state index is 0.0818. The molecule has 94 valence electrons. The van der Waals surface area contributed by atoms with Gasteiger partial charge >= 0.3 is 0 Å². The molecule has 0 fully saturated rings. The minimum Gasteiger partial charge on any atom is -0.494 e. The number of Topliss-reactive ketones (excluding diaryl/α,β-unsaturated/α-hetero) is 1. The maximum atomic E-state index is 11.2. The van der Waals surface area contributed by atoms with E-state index in [4.69, 9.17) is 4.74 Å². The number of carbonyl (C=O) groups excluding carboxylic acids is 1. The van der Waals surface area contributed by atoms with E-state index in [-0.39, 0.29) is 5.78 Å². The highest BCUT2D eigenvalue weighted by Crippen LogP contribution is 2.14. The Morgan fingerprint density at radius 3 is 2.65 bits per heavy atom. The second-order valence-electron chi connectivity index (χ2n) is 4.35. The summed E-state index contributed by atoms with van der Waals surface area (Å²) in [5, 5.41) is 0. The van der Waals surface area contributed by atoms with Crippen LogP contribution in [0.5, 0.6) is 5.75 Å². The average molecular weight is 234 g/mol. The second kappa shape index (κ2) is 7.88. The van der Waals surface area contributed by atoms with E-state index in [9.17, 15) is 4.79 Å². The summed E-state index contributed by atoms with van der Waals surface area (Å²) in [5.74, 6) is 0.881. The van der Waals surface area contributed by atoms with Gasteiger partial charge in [0.1, 0.15) is 5.75 Å². The van der Waals surface area contributed by atoms with E-state index in [1.54, 1.807) is 6.92 Å². The van der Waals surface area contributed by atoms with E-state index in [0.717, 1.165) is 18.8 Å². The maximum absolute atomic E-state index is 11.2. The van der Waals surface area contributed by atoms with Crippen molar-refractivity contribution in [2.24, 2.45) is 0 Å². The fourth-order valence-corrected chi connectivity index (χ4v) is 1.70. The molecule has 2 heteroatoms. The molecule has 0 heterocycles. The molecule has 0 radical (unpaired) electrons. The smallest absolute Gasteiger partial charge is 0.159 e. The Morgan fingerprint density at radius 1 is 1.18 bits per heavy atom. The lowest BCUT2D eigenvalue weighted by Crippen LogP contribution is -1.99. The average Bonchev–Trinajstić information content (AvgIpc) is 2.34. The molecule has 1 rings (SSSR count). The van der Waals surface area contributed by atoms with Crippen LogP contribution in [0.4, 0.5) is 0 Å². The third-order valence-corrected chi connectivity index (χ3v) is 2.76. The lowest BCUT2D eigenvalue weighted by atomic mass is 10.1. The zero-order chi connectivity index (χ0) is 12.5. The van der Waals surface area contributed by atoms with Crippen LogP contribution in [0, 0.1) is 0 Å². The summed E-state index contributed by atoms with van der Waals surface area (Å²) in [6.07, 6.45) is 6.17. The number of ketones is 1. The molecule has 17 heavy (non-hydrogen) atoms. The van der Waals surface area contributed by atoms with Gasteiger partial charge in [0, 0.05) is 5.56 Å². The molecule has 0 N–H and O–H groups in total. The molecule has 2 nitrogen and oxygen atoms in total. The van der Waals surface area contributed by atoms with Crippen molar-refractivity contribution in [3.05, 3.63) is 29.8 Å². The molecule has 0 saturated carbocycles. The first-order valence-electron chi connectivity index (χ1n) is 6.48. The standard InChI is InChI=1S/C15H22O2/c1-3-4-5-6-7-11-17-15-10-8-9-14(12-15)13(2)16/h8-10,12H,3-7,11H2,1-2H3. The fraction of sp³-hybridized carbons (Fsp3) is 0.533. The molecule has 0 aliphatic carbocycles. The maximum Gasteiger partial charge on any atom is 0.159 e. The Balaban J connectivity index is 2.27. The van der Waals surface area contributed by atoms with E-state index >= 15 is 0 Å². The van der Waals surface area contributed by atoms with Gasteiger partial charge in [-0.25, -0.2) is 0 Å². The van der Waals surface area contributed by atoms with Gasteiger partial charge in [-0.3, -0.25) is 4.79 Å². The van der Waals surface area contributed by atoms with Crippen molar-refractivity contribution >= 4 is 5.78 Å². The van der Waals surface area contributed by atoms with E-state index < -0.39 is 0 Å². The van der Waals surface area contributed by atoms with E-state index in [1.165, 1.54) is 25.7 Å². The number of unbranched alkanes of at least 4 members (excludes halogenated alkanes) is 4. The molecule has 0 spiro atoms. The summed E-state index contributed by atoms with van der Waals surface area (Å²) in [4.78, 5) is 11.2. The van der Waals surface area contributed by atoms with Crippen molar-refractivity contribution in [2.75, 3.05) is 6.61 Å². The van der Waals surface area contributed by atoms with Crippen LogP contribution < -0.4 is 4.74 Å². The molecule has 0 unspecified atom stereocenters. The number of hydrogen-bond acceptors (Lipinski definition) is 2. The highest BCUT2D eigenvalue weighted by Gasteiger charge is 2.00. The Kier molecular flexibility index (Phi) is 6.38. The van der Waals surface area contributed by atoms with Crippen LogP contribution >= 0.6 is 0 Å². The van der Waals surface area contributed by atoms with Crippen LogP contribution in [0.2, 0.25) is 0 Å². The highest BCUT2D eigenvalue weighted by atomic mass is 16.5. The van der Waals surface area contributed by atoms with Gasteiger partial charge in [-0.05, 0) is 25.5 Å². The first-order chi connectivity index (χ1) is 8.24. The van der Waals surface area contributed by atoms with Gasteiger partial charge in [-0.2, -0.15) is 0 Å². The molecule has 0 atom stereocenters. The molecule has 0 aliphatic rings. The second-order valence-corrected chi connectivity index (χ2v) is 4.35. The number of carbonyl (C=O) groups is 1. The quantitative estimate of drug-likeness (QED) is 0.497. The third-order valence-electron chi connectivity index (χ3n) is 2.76. The van der Waals surface area contributed by atoms with Crippen LogP contribution in [-0.2, 0) is 0 Å². The highest BCUT2D eigenvalue weighted by molar-refractivity contribution is 5.94. The molecule has 0 aliphatic heterocycles. The summed E-state index contributed by atoms with van der Waals surface area (Å²) in [7, 11) is 0.